The monoisotopic (exact) mass is 342 g/mol. The van der Waals surface area contributed by atoms with Crippen molar-refractivity contribution in [2.75, 3.05) is 25.9 Å². The van der Waals surface area contributed by atoms with Crippen molar-refractivity contribution in [2.24, 2.45) is 0 Å². The van der Waals surface area contributed by atoms with Gasteiger partial charge in [-0.15, -0.1) is 11.3 Å². The topological polar surface area (TPSA) is 57.7 Å². The minimum absolute atomic E-state index is 0.113. The summed E-state index contributed by atoms with van der Waals surface area (Å²) in [4.78, 5) is 15.5. The number of piperidine rings is 1. The summed E-state index contributed by atoms with van der Waals surface area (Å²) in [5.74, 6) is 0.113. The van der Waals surface area contributed by atoms with Gasteiger partial charge in [0.25, 0.3) is 0 Å². The lowest BCUT2D eigenvalue weighted by Crippen LogP contribution is -2.58. The highest BCUT2D eigenvalue weighted by Crippen LogP contribution is 2.38. The number of sulfonamides is 1. The predicted octanol–water partition coefficient (Wildman–Crippen LogP) is 1.71. The number of likely N-dealkylation sites (tertiary alicyclic amines) is 1. The van der Waals surface area contributed by atoms with E-state index in [1.165, 1.54) is 6.26 Å². The number of hydrogen-bond donors (Lipinski definition) is 0. The van der Waals surface area contributed by atoms with Crippen molar-refractivity contribution in [3.63, 3.8) is 0 Å². The summed E-state index contributed by atoms with van der Waals surface area (Å²) in [6.07, 6.45) is 5.20. The summed E-state index contributed by atoms with van der Waals surface area (Å²) in [5, 5.41) is 1.97. The highest BCUT2D eigenvalue weighted by Gasteiger charge is 2.48. The van der Waals surface area contributed by atoms with E-state index in [0.717, 1.165) is 37.1 Å². The van der Waals surface area contributed by atoms with E-state index in [1.807, 2.05) is 22.4 Å². The van der Waals surface area contributed by atoms with E-state index in [-0.39, 0.29) is 11.4 Å². The number of thiophene rings is 1. The van der Waals surface area contributed by atoms with Gasteiger partial charge in [0.2, 0.25) is 15.9 Å². The summed E-state index contributed by atoms with van der Waals surface area (Å²) in [5.41, 5.74) is -0.364. The molecule has 2 aliphatic rings. The Morgan fingerprint density at radius 2 is 2.05 bits per heavy atom. The van der Waals surface area contributed by atoms with E-state index < -0.39 is 10.0 Å². The fraction of sp³-hybridized carbons (Fsp3) is 0.667. The smallest absolute Gasteiger partial charge is 0.227 e. The molecule has 2 fully saturated rings. The van der Waals surface area contributed by atoms with E-state index >= 15 is 0 Å². The SMILES string of the molecule is CS(=O)(=O)N1CCCC12CCCN(C(=O)Cc1cccs1)C2. The van der Waals surface area contributed by atoms with Gasteiger partial charge in [0, 0.05) is 24.5 Å². The third-order valence-electron chi connectivity index (χ3n) is 4.75. The molecule has 5 nitrogen and oxygen atoms in total. The van der Waals surface area contributed by atoms with Gasteiger partial charge in [-0.25, -0.2) is 8.42 Å². The van der Waals surface area contributed by atoms with Gasteiger partial charge >= 0.3 is 0 Å². The van der Waals surface area contributed by atoms with Gasteiger partial charge in [-0.2, -0.15) is 4.31 Å². The van der Waals surface area contributed by atoms with Crippen LogP contribution in [0.1, 0.15) is 30.6 Å². The highest BCUT2D eigenvalue weighted by molar-refractivity contribution is 7.88. The zero-order chi connectivity index (χ0) is 15.8. The molecule has 1 atom stereocenters. The molecule has 3 rings (SSSR count). The summed E-state index contributed by atoms with van der Waals surface area (Å²) in [7, 11) is -3.21. The first-order valence-corrected chi connectivity index (χ1v) is 10.4. The predicted molar refractivity (Wildman–Crippen MR) is 87.4 cm³/mol. The molecule has 0 aliphatic carbocycles. The van der Waals surface area contributed by atoms with E-state index in [4.69, 9.17) is 0 Å². The van der Waals surface area contributed by atoms with Gasteiger partial charge < -0.3 is 4.90 Å². The Morgan fingerprint density at radius 1 is 1.32 bits per heavy atom. The molecule has 122 valence electrons. The standard InChI is InChI=1S/C15H22N2O3S2/c1-22(19,20)17-9-4-7-15(17)6-3-8-16(12-15)14(18)11-13-5-2-10-21-13/h2,5,10H,3-4,6-9,11-12H2,1H3. The molecule has 0 N–H and O–H groups in total. The number of rotatable bonds is 3. The number of carbonyl (C=O) groups excluding carboxylic acids is 1. The van der Waals surface area contributed by atoms with Crippen molar-refractivity contribution in [3.05, 3.63) is 22.4 Å². The van der Waals surface area contributed by atoms with Crippen LogP contribution >= 0.6 is 11.3 Å². The van der Waals surface area contributed by atoms with E-state index in [9.17, 15) is 13.2 Å². The van der Waals surface area contributed by atoms with Crippen LogP contribution in [0, 0.1) is 0 Å². The summed E-state index contributed by atoms with van der Waals surface area (Å²) < 4.78 is 25.8. The molecule has 0 bridgehead atoms. The lowest BCUT2D eigenvalue weighted by molar-refractivity contribution is -0.133. The molecule has 22 heavy (non-hydrogen) atoms. The molecule has 1 unspecified atom stereocenters. The molecular formula is C15H22N2O3S2. The second-order valence-corrected chi connectivity index (χ2v) is 9.28. The quantitative estimate of drug-likeness (QED) is 0.840. The fourth-order valence-corrected chi connectivity index (χ4v) is 5.94. The molecule has 1 spiro atoms. The fourth-order valence-electron chi connectivity index (χ4n) is 3.84. The normalized spacial score (nSPS) is 26.7. The van der Waals surface area contributed by atoms with Crippen LogP contribution in [-0.2, 0) is 21.2 Å². The molecule has 3 heterocycles. The molecular weight excluding hydrogens is 320 g/mol. The molecule has 2 aliphatic heterocycles. The molecule has 7 heteroatoms. The molecule has 0 saturated carbocycles. The van der Waals surface area contributed by atoms with Crippen LogP contribution in [0.25, 0.3) is 0 Å². The van der Waals surface area contributed by atoms with Crippen LogP contribution < -0.4 is 0 Å². The average Bonchev–Trinajstić information content (AvgIpc) is 3.08. The highest BCUT2D eigenvalue weighted by atomic mass is 32.2. The maximum absolute atomic E-state index is 12.5. The molecule has 0 aromatic carbocycles. The van der Waals surface area contributed by atoms with Crippen LogP contribution in [0.3, 0.4) is 0 Å². The number of amides is 1. The van der Waals surface area contributed by atoms with Gasteiger partial charge in [-0.1, -0.05) is 6.07 Å². The number of carbonyl (C=O) groups is 1. The van der Waals surface area contributed by atoms with Gasteiger partial charge in [0.1, 0.15) is 0 Å². The zero-order valence-corrected chi connectivity index (χ0v) is 14.5. The average molecular weight is 342 g/mol. The lowest BCUT2D eigenvalue weighted by Gasteiger charge is -2.44. The van der Waals surface area contributed by atoms with E-state index in [0.29, 0.717) is 19.5 Å². The third-order valence-corrected chi connectivity index (χ3v) is 6.99. The van der Waals surface area contributed by atoms with Gasteiger partial charge in [-0.3, -0.25) is 4.79 Å². The van der Waals surface area contributed by atoms with Crippen LogP contribution in [0.15, 0.2) is 17.5 Å². The minimum atomic E-state index is -3.21. The van der Waals surface area contributed by atoms with E-state index in [1.54, 1.807) is 15.6 Å². The first-order chi connectivity index (χ1) is 10.4. The molecule has 2 saturated heterocycles. The Balaban J connectivity index is 1.75. The first kappa shape index (κ1) is 16.0. The Kier molecular flexibility index (Phi) is 4.31. The maximum atomic E-state index is 12.5. The first-order valence-electron chi connectivity index (χ1n) is 7.69. The second-order valence-electron chi connectivity index (χ2n) is 6.34. The van der Waals surface area contributed by atoms with Crippen molar-refractivity contribution < 1.29 is 13.2 Å². The zero-order valence-electron chi connectivity index (χ0n) is 12.8. The van der Waals surface area contributed by atoms with Crippen LogP contribution in [0.2, 0.25) is 0 Å². The van der Waals surface area contributed by atoms with Crippen molar-refractivity contribution in [1.82, 2.24) is 9.21 Å². The Hall–Kier alpha value is -0.920. The Bertz CT molecular complexity index is 642. The third kappa shape index (κ3) is 3.07. The summed E-state index contributed by atoms with van der Waals surface area (Å²) in [6, 6.07) is 3.92. The largest absolute Gasteiger partial charge is 0.340 e. The van der Waals surface area contributed by atoms with Gasteiger partial charge in [0.05, 0.1) is 18.2 Å². The van der Waals surface area contributed by atoms with Crippen LogP contribution in [0.4, 0.5) is 0 Å². The summed E-state index contributed by atoms with van der Waals surface area (Å²) in [6.45, 7) is 1.87. The minimum Gasteiger partial charge on any atom is -0.340 e. The molecule has 0 radical (unpaired) electrons. The van der Waals surface area contributed by atoms with Crippen molar-refractivity contribution in [1.29, 1.82) is 0 Å². The number of hydrogen-bond acceptors (Lipinski definition) is 4. The van der Waals surface area contributed by atoms with Crippen molar-refractivity contribution in [2.45, 2.75) is 37.6 Å². The van der Waals surface area contributed by atoms with Gasteiger partial charge in [0.15, 0.2) is 0 Å². The van der Waals surface area contributed by atoms with Crippen LogP contribution in [-0.4, -0.2) is 55.0 Å². The van der Waals surface area contributed by atoms with Gasteiger partial charge in [-0.05, 0) is 37.1 Å². The van der Waals surface area contributed by atoms with E-state index in [2.05, 4.69) is 0 Å². The van der Waals surface area contributed by atoms with Crippen molar-refractivity contribution in [3.8, 4) is 0 Å². The Morgan fingerprint density at radius 3 is 2.68 bits per heavy atom. The van der Waals surface area contributed by atoms with Crippen molar-refractivity contribution >= 4 is 27.3 Å². The second kappa shape index (κ2) is 5.94. The molecule has 1 aromatic heterocycles. The maximum Gasteiger partial charge on any atom is 0.227 e. The molecule has 1 amide bonds. The molecule has 1 aromatic rings. The summed E-state index contributed by atoms with van der Waals surface area (Å²) >= 11 is 1.59. The van der Waals surface area contributed by atoms with Crippen LogP contribution in [0.5, 0.6) is 0 Å². The Labute approximate surface area is 136 Å². The lowest BCUT2D eigenvalue weighted by atomic mass is 9.87. The number of nitrogens with zero attached hydrogens (tertiary/aromatic N) is 2.